The van der Waals surface area contributed by atoms with E-state index in [0.717, 1.165) is 6.54 Å². The number of nitrogens with zero attached hydrogens (tertiary/aromatic N) is 1. The highest BCUT2D eigenvalue weighted by molar-refractivity contribution is 5.20. The van der Waals surface area contributed by atoms with Crippen LogP contribution in [0.1, 0.15) is 57.6 Å². The van der Waals surface area contributed by atoms with Gasteiger partial charge in [0, 0.05) is 18.1 Å². The first-order chi connectivity index (χ1) is 9.72. The zero-order valence-electron chi connectivity index (χ0n) is 13.3. The van der Waals surface area contributed by atoms with E-state index in [-0.39, 0.29) is 0 Å². The SMILES string of the molecule is CCN(C)[C@@H](C)[C@H](NC1CCCCC1)c1ccccc1. The predicted molar refractivity (Wildman–Crippen MR) is 87.0 cm³/mol. The van der Waals surface area contributed by atoms with E-state index in [9.17, 15) is 0 Å². The smallest absolute Gasteiger partial charge is 0.0477 e. The molecule has 2 atom stereocenters. The van der Waals surface area contributed by atoms with Crippen molar-refractivity contribution in [1.82, 2.24) is 10.2 Å². The van der Waals surface area contributed by atoms with Crippen molar-refractivity contribution >= 4 is 0 Å². The Morgan fingerprint density at radius 2 is 1.80 bits per heavy atom. The number of likely N-dealkylation sites (N-methyl/N-ethyl adjacent to an activating group) is 1. The van der Waals surface area contributed by atoms with Crippen molar-refractivity contribution in [2.45, 2.75) is 64.1 Å². The summed E-state index contributed by atoms with van der Waals surface area (Å²) in [7, 11) is 2.23. The summed E-state index contributed by atoms with van der Waals surface area (Å²) in [6.45, 7) is 5.67. The highest BCUT2D eigenvalue weighted by Gasteiger charge is 2.25. The Balaban J connectivity index is 2.11. The Morgan fingerprint density at radius 3 is 2.40 bits per heavy atom. The van der Waals surface area contributed by atoms with Gasteiger partial charge < -0.3 is 10.2 Å². The van der Waals surface area contributed by atoms with Gasteiger partial charge in [-0.05, 0) is 38.9 Å². The first-order valence-corrected chi connectivity index (χ1v) is 8.23. The highest BCUT2D eigenvalue weighted by atomic mass is 15.2. The number of hydrogen-bond donors (Lipinski definition) is 1. The molecule has 0 radical (unpaired) electrons. The van der Waals surface area contributed by atoms with Crippen molar-refractivity contribution in [3.05, 3.63) is 35.9 Å². The van der Waals surface area contributed by atoms with Crippen molar-refractivity contribution in [2.24, 2.45) is 0 Å². The molecule has 0 saturated heterocycles. The quantitative estimate of drug-likeness (QED) is 0.844. The van der Waals surface area contributed by atoms with Crippen LogP contribution < -0.4 is 5.32 Å². The molecule has 1 aromatic carbocycles. The van der Waals surface area contributed by atoms with E-state index in [1.807, 2.05) is 0 Å². The van der Waals surface area contributed by atoms with E-state index in [1.165, 1.54) is 37.7 Å². The van der Waals surface area contributed by atoms with Crippen LogP contribution in [0.25, 0.3) is 0 Å². The third-order valence-corrected chi connectivity index (χ3v) is 4.86. The topological polar surface area (TPSA) is 15.3 Å². The molecule has 2 heteroatoms. The van der Waals surface area contributed by atoms with Gasteiger partial charge in [-0.25, -0.2) is 0 Å². The predicted octanol–water partition coefficient (Wildman–Crippen LogP) is 3.99. The van der Waals surface area contributed by atoms with Crippen LogP contribution in [0.3, 0.4) is 0 Å². The Hall–Kier alpha value is -0.860. The molecule has 0 heterocycles. The van der Waals surface area contributed by atoms with Crippen molar-refractivity contribution in [2.75, 3.05) is 13.6 Å². The van der Waals surface area contributed by atoms with E-state index in [2.05, 4.69) is 61.4 Å². The van der Waals surface area contributed by atoms with Gasteiger partial charge in [0.1, 0.15) is 0 Å². The molecule has 0 amide bonds. The van der Waals surface area contributed by atoms with E-state index in [1.54, 1.807) is 0 Å². The van der Waals surface area contributed by atoms with E-state index < -0.39 is 0 Å². The minimum absolute atomic E-state index is 0.434. The lowest BCUT2D eigenvalue weighted by molar-refractivity contribution is 0.196. The molecule has 1 aliphatic rings. The maximum absolute atomic E-state index is 3.95. The molecule has 112 valence electrons. The first-order valence-electron chi connectivity index (χ1n) is 8.23. The van der Waals surface area contributed by atoms with E-state index in [0.29, 0.717) is 18.1 Å². The van der Waals surface area contributed by atoms with Crippen LogP contribution in [0.5, 0.6) is 0 Å². The zero-order valence-corrected chi connectivity index (χ0v) is 13.3. The lowest BCUT2D eigenvalue weighted by Crippen LogP contribution is -2.45. The number of rotatable bonds is 6. The molecule has 20 heavy (non-hydrogen) atoms. The van der Waals surface area contributed by atoms with Crippen molar-refractivity contribution < 1.29 is 0 Å². The Labute approximate surface area is 124 Å². The van der Waals surface area contributed by atoms with Crippen LogP contribution in [-0.2, 0) is 0 Å². The molecule has 1 fully saturated rings. The van der Waals surface area contributed by atoms with Crippen LogP contribution in [-0.4, -0.2) is 30.6 Å². The molecule has 0 aromatic heterocycles. The minimum Gasteiger partial charge on any atom is -0.306 e. The zero-order chi connectivity index (χ0) is 14.4. The van der Waals surface area contributed by atoms with Gasteiger partial charge in [0.25, 0.3) is 0 Å². The molecule has 1 aliphatic carbocycles. The summed E-state index contributed by atoms with van der Waals surface area (Å²) in [5, 5.41) is 3.95. The molecule has 2 nitrogen and oxygen atoms in total. The second-order valence-electron chi connectivity index (χ2n) is 6.20. The summed E-state index contributed by atoms with van der Waals surface area (Å²) in [6, 6.07) is 12.6. The van der Waals surface area contributed by atoms with Gasteiger partial charge in [-0.15, -0.1) is 0 Å². The second-order valence-corrected chi connectivity index (χ2v) is 6.20. The summed E-state index contributed by atoms with van der Waals surface area (Å²) in [4.78, 5) is 2.44. The molecule has 2 rings (SSSR count). The fourth-order valence-corrected chi connectivity index (χ4v) is 3.24. The van der Waals surface area contributed by atoms with Crippen LogP contribution in [0, 0.1) is 0 Å². The number of hydrogen-bond acceptors (Lipinski definition) is 2. The molecule has 0 spiro atoms. The van der Waals surface area contributed by atoms with Crippen LogP contribution >= 0.6 is 0 Å². The molecule has 1 aromatic rings. The van der Waals surface area contributed by atoms with Crippen LogP contribution in [0.15, 0.2) is 30.3 Å². The summed E-state index contributed by atoms with van der Waals surface area (Å²) >= 11 is 0. The third kappa shape index (κ3) is 4.07. The molecule has 1 saturated carbocycles. The molecule has 0 unspecified atom stereocenters. The summed E-state index contributed by atoms with van der Waals surface area (Å²) < 4.78 is 0. The second kappa shape index (κ2) is 7.80. The van der Waals surface area contributed by atoms with Gasteiger partial charge in [-0.3, -0.25) is 0 Å². The Bertz CT molecular complexity index is 370. The van der Waals surface area contributed by atoms with Crippen molar-refractivity contribution in [3.8, 4) is 0 Å². The van der Waals surface area contributed by atoms with Crippen LogP contribution in [0.2, 0.25) is 0 Å². The van der Waals surface area contributed by atoms with Crippen molar-refractivity contribution in [1.29, 1.82) is 0 Å². The minimum atomic E-state index is 0.434. The van der Waals surface area contributed by atoms with Crippen LogP contribution in [0.4, 0.5) is 0 Å². The number of nitrogens with one attached hydrogen (secondary N) is 1. The monoisotopic (exact) mass is 274 g/mol. The Kier molecular flexibility index (Phi) is 6.06. The summed E-state index contributed by atoms with van der Waals surface area (Å²) in [5.74, 6) is 0. The lowest BCUT2D eigenvalue weighted by atomic mass is 9.92. The molecular weight excluding hydrogens is 244 g/mol. The summed E-state index contributed by atoms with van der Waals surface area (Å²) in [5.41, 5.74) is 1.42. The first kappa shape index (κ1) is 15.5. The lowest BCUT2D eigenvalue weighted by Gasteiger charge is -2.36. The average Bonchev–Trinajstić information content (AvgIpc) is 2.53. The van der Waals surface area contributed by atoms with Gasteiger partial charge in [0.15, 0.2) is 0 Å². The largest absolute Gasteiger partial charge is 0.306 e. The van der Waals surface area contributed by atoms with E-state index >= 15 is 0 Å². The van der Waals surface area contributed by atoms with Gasteiger partial charge in [-0.2, -0.15) is 0 Å². The van der Waals surface area contributed by atoms with E-state index in [4.69, 9.17) is 0 Å². The summed E-state index contributed by atoms with van der Waals surface area (Å²) in [6.07, 6.45) is 6.87. The van der Waals surface area contributed by atoms with Crippen molar-refractivity contribution in [3.63, 3.8) is 0 Å². The molecule has 0 bridgehead atoms. The normalized spacial score (nSPS) is 20.0. The van der Waals surface area contributed by atoms with Gasteiger partial charge in [0.05, 0.1) is 0 Å². The molecule has 1 N–H and O–H groups in total. The molecule has 0 aliphatic heterocycles. The average molecular weight is 274 g/mol. The highest BCUT2D eigenvalue weighted by Crippen LogP contribution is 2.25. The maximum atomic E-state index is 3.95. The Morgan fingerprint density at radius 1 is 1.15 bits per heavy atom. The van der Waals surface area contributed by atoms with Gasteiger partial charge in [-0.1, -0.05) is 56.5 Å². The third-order valence-electron chi connectivity index (χ3n) is 4.86. The fraction of sp³-hybridized carbons (Fsp3) is 0.667. The maximum Gasteiger partial charge on any atom is 0.0477 e. The fourth-order valence-electron chi connectivity index (χ4n) is 3.24. The molecular formula is C18H30N2. The number of benzene rings is 1. The van der Waals surface area contributed by atoms with Gasteiger partial charge >= 0.3 is 0 Å². The van der Waals surface area contributed by atoms with Gasteiger partial charge in [0.2, 0.25) is 0 Å². The standard InChI is InChI=1S/C18H30N2/c1-4-20(3)15(2)18(16-11-7-5-8-12-16)19-17-13-9-6-10-14-17/h5,7-8,11-12,15,17-19H,4,6,9-10,13-14H2,1-3H3/t15-,18-/m0/s1.